The molecule has 1 aromatic heterocycles. The van der Waals surface area contributed by atoms with Gasteiger partial charge in [0.1, 0.15) is 0 Å². The first-order chi connectivity index (χ1) is 8.56. The Balaban J connectivity index is 1.81. The summed E-state index contributed by atoms with van der Waals surface area (Å²) >= 11 is 13.5. The molecule has 1 aliphatic rings. The Labute approximate surface area is 122 Å². The van der Waals surface area contributed by atoms with Crippen molar-refractivity contribution in [2.45, 2.75) is 44.8 Å². The van der Waals surface area contributed by atoms with Crippen molar-refractivity contribution in [3.63, 3.8) is 0 Å². The molecule has 1 unspecified atom stereocenters. The maximum absolute atomic E-state index is 9.47. The van der Waals surface area contributed by atoms with E-state index >= 15 is 0 Å². The smallest absolute Gasteiger partial charge is 0.0991 e. The van der Waals surface area contributed by atoms with E-state index in [1.807, 2.05) is 6.07 Å². The van der Waals surface area contributed by atoms with Crippen molar-refractivity contribution in [2.24, 2.45) is 5.92 Å². The van der Waals surface area contributed by atoms with Gasteiger partial charge in [-0.15, -0.1) is 11.3 Å². The van der Waals surface area contributed by atoms with E-state index in [0.29, 0.717) is 5.92 Å². The number of nitrogens with one attached hydrogen (secondary N) is 1. The molecule has 1 aliphatic carbocycles. The molecule has 1 saturated carbocycles. The predicted molar refractivity (Wildman–Crippen MR) is 78.7 cm³/mol. The monoisotopic (exact) mass is 307 g/mol. The third kappa shape index (κ3) is 3.84. The first kappa shape index (κ1) is 14.6. The van der Waals surface area contributed by atoms with Gasteiger partial charge in [0.25, 0.3) is 0 Å². The number of rotatable bonds is 4. The van der Waals surface area contributed by atoms with E-state index in [4.69, 9.17) is 23.2 Å². The zero-order valence-corrected chi connectivity index (χ0v) is 12.8. The van der Waals surface area contributed by atoms with Crippen molar-refractivity contribution < 1.29 is 5.11 Å². The van der Waals surface area contributed by atoms with Crippen LogP contribution in [0.3, 0.4) is 0 Å². The van der Waals surface area contributed by atoms with Crippen molar-refractivity contribution in [3.8, 4) is 0 Å². The van der Waals surface area contributed by atoms with Crippen LogP contribution in [0.25, 0.3) is 0 Å². The van der Waals surface area contributed by atoms with Crippen LogP contribution in [-0.2, 0) is 0 Å². The number of hydrogen-bond donors (Lipinski definition) is 2. The van der Waals surface area contributed by atoms with Gasteiger partial charge in [0.05, 0.1) is 14.8 Å². The Bertz CT molecular complexity index is 388. The third-order valence-electron chi connectivity index (χ3n) is 3.68. The van der Waals surface area contributed by atoms with E-state index in [2.05, 4.69) is 12.2 Å². The van der Waals surface area contributed by atoms with E-state index in [-0.39, 0.29) is 12.1 Å². The molecule has 0 amide bonds. The molecule has 2 nitrogen and oxygen atoms in total. The molecule has 2 rings (SSSR count). The minimum absolute atomic E-state index is 0.0798. The van der Waals surface area contributed by atoms with Gasteiger partial charge in [-0.1, -0.05) is 23.2 Å². The Morgan fingerprint density at radius 2 is 2.06 bits per heavy atom. The first-order valence-electron chi connectivity index (χ1n) is 6.42. The molecular weight excluding hydrogens is 289 g/mol. The van der Waals surface area contributed by atoms with Crippen LogP contribution in [0.2, 0.25) is 8.67 Å². The number of halogens is 2. The van der Waals surface area contributed by atoms with Gasteiger partial charge in [0, 0.05) is 6.04 Å². The summed E-state index contributed by atoms with van der Waals surface area (Å²) in [6.45, 7) is 3.10. The maximum atomic E-state index is 9.47. The highest BCUT2D eigenvalue weighted by atomic mass is 35.5. The summed E-state index contributed by atoms with van der Waals surface area (Å²) in [4.78, 5) is 0. The number of aliphatic hydroxyl groups excluding tert-OH is 1. The van der Waals surface area contributed by atoms with Crippen LogP contribution < -0.4 is 5.32 Å². The lowest BCUT2D eigenvalue weighted by atomic mass is 9.87. The van der Waals surface area contributed by atoms with Crippen LogP contribution in [0, 0.1) is 5.92 Å². The molecule has 18 heavy (non-hydrogen) atoms. The van der Waals surface area contributed by atoms with Crippen LogP contribution in [-0.4, -0.2) is 17.8 Å². The largest absolute Gasteiger partial charge is 0.393 e. The fraction of sp³-hybridized carbons (Fsp3) is 0.692. The molecule has 1 atom stereocenters. The van der Waals surface area contributed by atoms with Gasteiger partial charge in [-0.25, -0.2) is 0 Å². The zero-order valence-electron chi connectivity index (χ0n) is 10.5. The van der Waals surface area contributed by atoms with Crippen LogP contribution >= 0.6 is 34.5 Å². The second-order valence-corrected chi connectivity index (χ2v) is 7.37. The molecule has 1 aromatic rings. The third-order valence-corrected chi connectivity index (χ3v) is 5.20. The summed E-state index contributed by atoms with van der Waals surface area (Å²) in [6, 6.07) is 2.17. The van der Waals surface area contributed by atoms with Crippen molar-refractivity contribution >= 4 is 34.5 Å². The van der Waals surface area contributed by atoms with Crippen LogP contribution in [0.1, 0.15) is 44.2 Å². The Morgan fingerprint density at radius 3 is 2.61 bits per heavy atom. The van der Waals surface area contributed by atoms with Gasteiger partial charge >= 0.3 is 0 Å². The average Bonchev–Trinajstić information content (AvgIpc) is 2.67. The molecule has 1 fully saturated rings. The van der Waals surface area contributed by atoms with Gasteiger partial charge in [0.15, 0.2) is 0 Å². The molecule has 2 N–H and O–H groups in total. The Hall–Kier alpha value is 0.200. The lowest BCUT2D eigenvalue weighted by Crippen LogP contribution is -2.29. The minimum atomic E-state index is -0.0798. The van der Waals surface area contributed by atoms with E-state index in [1.54, 1.807) is 0 Å². The Kier molecular flexibility index (Phi) is 5.34. The number of hydrogen-bond acceptors (Lipinski definition) is 3. The van der Waals surface area contributed by atoms with Gasteiger partial charge in [0.2, 0.25) is 0 Å². The second-order valence-electron chi connectivity index (χ2n) is 5.08. The lowest BCUT2D eigenvalue weighted by molar-refractivity contribution is 0.108. The number of aliphatic hydroxyl groups is 1. The zero-order chi connectivity index (χ0) is 13.1. The van der Waals surface area contributed by atoms with E-state index in [0.717, 1.165) is 46.5 Å². The van der Waals surface area contributed by atoms with Gasteiger partial charge in [-0.3, -0.25) is 0 Å². The maximum Gasteiger partial charge on any atom is 0.0991 e. The first-order valence-corrected chi connectivity index (χ1v) is 7.99. The van der Waals surface area contributed by atoms with Crippen molar-refractivity contribution in [2.75, 3.05) is 6.54 Å². The van der Waals surface area contributed by atoms with Crippen LogP contribution in [0.4, 0.5) is 0 Å². The highest BCUT2D eigenvalue weighted by Gasteiger charge is 2.20. The van der Waals surface area contributed by atoms with Crippen molar-refractivity contribution in [1.29, 1.82) is 0 Å². The van der Waals surface area contributed by atoms with Gasteiger partial charge < -0.3 is 10.4 Å². The molecular formula is C13H19Cl2NOS. The summed E-state index contributed by atoms with van der Waals surface area (Å²) in [6.07, 6.45) is 4.01. The molecule has 0 radical (unpaired) electrons. The standard InChI is InChI=1S/C13H19Cl2NOS/c1-8(11-6-12(14)18-13(11)15)16-7-9-2-4-10(17)5-3-9/h6,8-10,16-17H,2-5,7H2,1H3. The fourth-order valence-corrected chi connectivity index (χ4v) is 4.10. The second kappa shape index (κ2) is 6.58. The molecule has 0 aliphatic heterocycles. The lowest BCUT2D eigenvalue weighted by Gasteiger charge is -2.26. The Morgan fingerprint density at radius 1 is 1.39 bits per heavy atom. The molecule has 0 saturated heterocycles. The molecule has 0 aromatic carbocycles. The summed E-state index contributed by atoms with van der Waals surface area (Å²) in [5.41, 5.74) is 1.09. The van der Waals surface area contributed by atoms with Crippen LogP contribution in [0.15, 0.2) is 6.07 Å². The molecule has 0 spiro atoms. The van der Waals surface area contributed by atoms with Crippen molar-refractivity contribution in [3.05, 3.63) is 20.3 Å². The molecule has 5 heteroatoms. The highest BCUT2D eigenvalue weighted by molar-refractivity contribution is 7.20. The summed E-state index contributed by atoms with van der Waals surface area (Å²) in [5.74, 6) is 0.670. The minimum Gasteiger partial charge on any atom is -0.393 e. The van der Waals surface area contributed by atoms with E-state index in [1.165, 1.54) is 11.3 Å². The van der Waals surface area contributed by atoms with Crippen molar-refractivity contribution in [1.82, 2.24) is 5.32 Å². The van der Waals surface area contributed by atoms with Gasteiger partial charge in [-0.2, -0.15) is 0 Å². The quantitative estimate of drug-likeness (QED) is 0.871. The van der Waals surface area contributed by atoms with E-state index in [9.17, 15) is 5.11 Å². The van der Waals surface area contributed by atoms with Crippen LogP contribution in [0.5, 0.6) is 0 Å². The number of thiophene rings is 1. The molecule has 0 bridgehead atoms. The molecule has 102 valence electrons. The van der Waals surface area contributed by atoms with E-state index < -0.39 is 0 Å². The topological polar surface area (TPSA) is 32.3 Å². The molecule has 1 heterocycles. The average molecular weight is 308 g/mol. The summed E-state index contributed by atoms with van der Waals surface area (Å²) in [7, 11) is 0. The SMILES string of the molecule is CC(NCC1CCC(O)CC1)c1cc(Cl)sc1Cl. The summed E-state index contributed by atoms with van der Waals surface area (Å²) < 4.78 is 1.52. The van der Waals surface area contributed by atoms with Gasteiger partial charge in [-0.05, 0) is 56.7 Å². The highest BCUT2D eigenvalue weighted by Crippen LogP contribution is 2.35. The normalized spacial score (nSPS) is 26.2. The fourth-order valence-electron chi connectivity index (χ4n) is 2.45. The predicted octanol–water partition coefficient (Wildman–Crippen LogP) is 4.26. The summed E-state index contributed by atoms with van der Waals surface area (Å²) in [5, 5.41) is 13.0.